The Morgan fingerprint density at radius 2 is 1.62 bits per heavy atom. The summed E-state index contributed by atoms with van der Waals surface area (Å²) in [7, 11) is 0. The Bertz CT molecular complexity index is 1220. The maximum atomic E-state index is 12.1. The van der Waals surface area contributed by atoms with Crippen LogP contribution in [0.1, 0.15) is 18.9 Å². The lowest BCUT2D eigenvalue weighted by molar-refractivity contribution is -0.123. The monoisotopic (exact) mass is 454 g/mol. The van der Waals surface area contributed by atoms with E-state index in [-0.39, 0.29) is 12.5 Å². The minimum atomic E-state index is -0.352. The predicted octanol–water partition coefficient (Wildman–Crippen LogP) is 4.86. The molecule has 1 amide bonds. The molecule has 0 atom stereocenters. The normalized spacial score (nSPS) is 10.9. The number of ether oxygens (including phenoxy) is 2. The second-order valence-corrected chi connectivity index (χ2v) is 7.48. The number of para-hydroxylation sites is 2. The van der Waals surface area contributed by atoms with Gasteiger partial charge in [0.1, 0.15) is 17.2 Å². The van der Waals surface area contributed by atoms with Gasteiger partial charge < -0.3 is 9.47 Å². The van der Waals surface area contributed by atoms with E-state index >= 15 is 0 Å². The molecular weight excluding hydrogens is 428 g/mol. The van der Waals surface area contributed by atoms with E-state index in [0.29, 0.717) is 12.4 Å². The first-order chi connectivity index (χ1) is 16.7. The molecular formula is C27H26N4O3. The smallest absolute Gasteiger partial charge is 0.277 e. The van der Waals surface area contributed by atoms with Crippen LogP contribution in [0.15, 0.2) is 96.2 Å². The number of carbonyl (C=O) groups excluding carboxylic acids is 1. The zero-order valence-corrected chi connectivity index (χ0v) is 18.9. The first kappa shape index (κ1) is 22.8. The average Bonchev–Trinajstić information content (AvgIpc) is 3.32. The van der Waals surface area contributed by atoms with Gasteiger partial charge in [-0.25, -0.2) is 10.1 Å². The molecule has 34 heavy (non-hydrogen) atoms. The lowest BCUT2D eigenvalue weighted by Crippen LogP contribution is -2.24. The van der Waals surface area contributed by atoms with Crippen LogP contribution in [0.3, 0.4) is 0 Å². The predicted molar refractivity (Wildman–Crippen MR) is 132 cm³/mol. The Balaban J connectivity index is 1.50. The van der Waals surface area contributed by atoms with Crippen LogP contribution in [0.25, 0.3) is 16.9 Å². The van der Waals surface area contributed by atoms with Crippen LogP contribution < -0.4 is 14.9 Å². The molecule has 0 spiro atoms. The molecule has 172 valence electrons. The summed E-state index contributed by atoms with van der Waals surface area (Å²) in [4.78, 5) is 12.1. The Kier molecular flexibility index (Phi) is 7.69. The summed E-state index contributed by atoms with van der Waals surface area (Å²) in [6.45, 7) is 2.62. The third kappa shape index (κ3) is 6.10. The van der Waals surface area contributed by atoms with E-state index < -0.39 is 0 Å². The topological polar surface area (TPSA) is 77.7 Å². The highest BCUT2D eigenvalue weighted by atomic mass is 16.5. The third-order valence-electron chi connectivity index (χ3n) is 4.87. The standard InChI is InChI=1S/C27H26N4O3/c1-2-17-33-25-15-13-21(14-16-25)27-22(19-31(30-27)23-9-5-3-6-10-23)18-28-29-26(32)20-34-24-11-7-4-8-12-24/h3-16,18-19H,2,17,20H2,1H3,(H,29,32)/b28-18-. The summed E-state index contributed by atoms with van der Waals surface area (Å²) >= 11 is 0. The van der Waals surface area contributed by atoms with E-state index in [1.807, 2.05) is 79.0 Å². The minimum Gasteiger partial charge on any atom is -0.494 e. The Morgan fingerprint density at radius 3 is 2.32 bits per heavy atom. The van der Waals surface area contributed by atoms with Crippen LogP contribution in [-0.2, 0) is 4.79 Å². The minimum absolute atomic E-state index is 0.128. The molecule has 0 unspecified atom stereocenters. The first-order valence-electron chi connectivity index (χ1n) is 11.1. The van der Waals surface area contributed by atoms with E-state index in [2.05, 4.69) is 17.5 Å². The van der Waals surface area contributed by atoms with Gasteiger partial charge in [-0.2, -0.15) is 10.2 Å². The van der Waals surface area contributed by atoms with Crippen molar-refractivity contribution in [2.45, 2.75) is 13.3 Å². The van der Waals surface area contributed by atoms with Crippen LogP contribution in [0, 0.1) is 0 Å². The van der Waals surface area contributed by atoms with Crippen molar-refractivity contribution in [1.29, 1.82) is 0 Å². The Labute approximate surface area is 198 Å². The fourth-order valence-electron chi connectivity index (χ4n) is 3.22. The molecule has 1 aromatic heterocycles. The summed E-state index contributed by atoms with van der Waals surface area (Å²) in [6, 6.07) is 26.8. The second kappa shape index (κ2) is 11.5. The highest BCUT2D eigenvalue weighted by molar-refractivity contribution is 5.89. The SMILES string of the molecule is CCCOc1ccc(-c2nn(-c3ccccc3)cc2/C=N\NC(=O)COc2ccccc2)cc1. The average molecular weight is 455 g/mol. The highest BCUT2D eigenvalue weighted by Crippen LogP contribution is 2.25. The van der Waals surface area contributed by atoms with Crippen LogP contribution in [0.5, 0.6) is 11.5 Å². The van der Waals surface area contributed by atoms with Gasteiger partial charge in [-0.3, -0.25) is 4.79 Å². The number of rotatable bonds is 10. The maximum absolute atomic E-state index is 12.1. The summed E-state index contributed by atoms with van der Waals surface area (Å²) in [5.74, 6) is 1.09. The van der Waals surface area contributed by atoms with Gasteiger partial charge in [0.25, 0.3) is 5.91 Å². The van der Waals surface area contributed by atoms with Crippen molar-refractivity contribution in [3.05, 3.63) is 96.7 Å². The van der Waals surface area contributed by atoms with Crippen molar-refractivity contribution >= 4 is 12.1 Å². The highest BCUT2D eigenvalue weighted by Gasteiger charge is 2.12. The summed E-state index contributed by atoms with van der Waals surface area (Å²) in [6.07, 6.45) is 4.41. The summed E-state index contributed by atoms with van der Waals surface area (Å²) in [5, 5.41) is 8.89. The van der Waals surface area contributed by atoms with Gasteiger partial charge in [-0.15, -0.1) is 0 Å². The van der Waals surface area contributed by atoms with Crippen molar-refractivity contribution in [2.24, 2.45) is 5.10 Å². The molecule has 0 aliphatic rings. The molecule has 0 saturated carbocycles. The van der Waals surface area contributed by atoms with Gasteiger partial charge in [0.2, 0.25) is 0 Å². The van der Waals surface area contributed by atoms with Crippen LogP contribution in [0.4, 0.5) is 0 Å². The van der Waals surface area contributed by atoms with E-state index in [1.54, 1.807) is 23.0 Å². The number of nitrogens with one attached hydrogen (secondary N) is 1. The Hall–Kier alpha value is -4.39. The van der Waals surface area contributed by atoms with Gasteiger partial charge in [0.15, 0.2) is 6.61 Å². The second-order valence-electron chi connectivity index (χ2n) is 7.48. The van der Waals surface area contributed by atoms with Crippen molar-refractivity contribution in [1.82, 2.24) is 15.2 Å². The summed E-state index contributed by atoms with van der Waals surface area (Å²) in [5.41, 5.74) is 5.85. The number of amides is 1. The number of hydrogen-bond acceptors (Lipinski definition) is 5. The molecule has 7 heteroatoms. The number of nitrogens with zero attached hydrogens (tertiary/aromatic N) is 3. The lowest BCUT2D eigenvalue weighted by atomic mass is 10.1. The van der Waals surface area contributed by atoms with E-state index in [0.717, 1.165) is 34.7 Å². The zero-order chi connectivity index (χ0) is 23.6. The molecule has 3 aromatic carbocycles. The molecule has 0 radical (unpaired) electrons. The number of aromatic nitrogens is 2. The maximum Gasteiger partial charge on any atom is 0.277 e. The molecule has 0 saturated heterocycles. The number of benzene rings is 3. The van der Waals surface area contributed by atoms with Crippen molar-refractivity contribution in [2.75, 3.05) is 13.2 Å². The van der Waals surface area contributed by atoms with Crippen LogP contribution in [0.2, 0.25) is 0 Å². The van der Waals surface area contributed by atoms with Crippen LogP contribution in [-0.4, -0.2) is 35.1 Å². The molecule has 0 aliphatic carbocycles. The fourth-order valence-corrected chi connectivity index (χ4v) is 3.22. The summed E-state index contributed by atoms with van der Waals surface area (Å²) < 4.78 is 12.9. The fraction of sp³-hybridized carbons (Fsp3) is 0.148. The Morgan fingerprint density at radius 1 is 0.941 bits per heavy atom. The van der Waals surface area contributed by atoms with Gasteiger partial charge >= 0.3 is 0 Å². The molecule has 0 bridgehead atoms. The van der Waals surface area contributed by atoms with Crippen LogP contribution >= 0.6 is 0 Å². The largest absolute Gasteiger partial charge is 0.494 e. The van der Waals surface area contributed by atoms with Gasteiger partial charge in [0.05, 0.1) is 18.5 Å². The molecule has 0 aliphatic heterocycles. The van der Waals surface area contributed by atoms with Gasteiger partial charge in [-0.05, 0) is 55.0 Å². The third-order valence-corrected chi connectivity index (χ3v) is 4.87. The van der Waals surface area contributed by atoms with E-state index in [9.17, 15) is 4.79 Å². The van der Waals surface area contributed by atoms with Gasteiger partial charge in [0, 0.05) is 17.3 Å². The van der Waals surface area contributed by atoms with Crippen molar-refractivity contribution < 1.29 is 14.3 Å². The first-order valence-corrected chi connectivity index (χ1v) is 11.1. The number of carbonyl (C=O) groups is 1. The number of hydrazone groups is 1. The van der Waals surface area contributed by atoms with Crippen molar-refractivity contribution in [3.8, 4) is 28.4 Å². The zero-order valence-electron chi connectivity index (χ0n) is 18.9. The molecule has 0 fully saturated rings. The van der Waals surface area contributed by atoms with Crippen molar-refractivity contribution in [3.63, 3.8) is 0 Å². The molecule has 4 aromatic rings. The quantitative estimate of drug-likeness (QED) is 0.274. The van der Waals surface area contributed by atoms with Gasteiger partial charge in [-0.1, -0.05) is 43.3 Å². The molecule has 4 rings (SSSR count). The van der Waals surface area contributed by atoms with E-state index in [1.165, 1.54) is 0 Å². The molecule has 1 heterocycles. The van der Waals surface area contributed by atoms with E-state index in [4.69, 9.17) is 14.6 Å². The molecule has 1 N–H and O–H groups in total. The molecule has 7 nitrogen and oxygen atoms in total. The lowest BCUT2D eigenvalue weighted by Gasteiger charge is -2.05. The number of hydrogen-bond donors (Lipinski definition) is 1.